The minimum Gasteiger partial charge on any atom is -0.507 e. The number of aromatic hydroxyl groups is 1. The number of nitrogens with zero attached hydrogens (tertiary/aromatic N) is 2. The van der Waals surface area contributed by atoms with Crippen LogP contribution in [0.2, 0.25) is 5.02 Å². The Morgan fingerprint density at radius 3 is 2.61 bits per heavy atom. The van der Waals surface area contributed by atoms with Gasteiger partial charge in [-0.2, -0.15) is 5.10 Å². The summed E-state index contributed by atoms with van der Waals surface area (Å²) in [6.07, 6.45) is 1.91. The van der Waals surface area contributed by atoms with Gasteiger partial charge in [0.15, 0.2) is 0 Å². The van der Waals surface area contributed by atoms with E-state index >= 15 is 0 Å². The number of aryl methyl sites for hydroxylation is 1. The number of hydrogen-bond acceptors (Lipinski definition) is 2. The van der Waals surface area contributed by atoms with Gasteiger partial charge in [0.25, 0.3) is 0 Å². The third-order valence-electron chi connectivity index (χ3n) is 3.70. The molecule has 0 spiro atoms. The van der Waals surface area contributed by atoms with Crippen LogP contribution in [0.3, 0.4) is 0 Å². The number of hydrogen-bond donors (Lipinski definition) is 1. The minimum absolute atomic E-state index is 0.192. The molecule has 0 fully saturated rings. The fourth-order valence-electron chi connectivity index (χ4n) is 2.57. The van der Waals surface area contributed by atoms with E-state index in [0.717, 1.165) is 28.0 Å². The van der Waals surface area contributed by atoms with Crippen LogP contribution in [0.5, 0.6) is 5.75 Å². The molecule has 3 rings (SSSR count). The highest BCUT2D eigenvalue weighted by atomic mass is 35.5. The standard InChI is InChI=1S/C19H17ClN2O/c1-12(2)17-11-22(3)21-19(17)16-10-14(7-8-18(16)23)13-5-4-6-15(20)9-13/h4-11,23H,1H2,2-3H3. The molecule has 0 bridgehead atoms. The molecule has 0 amide bonds. The van der Waals surface area contributed by atoms with Crippen molar-refractivity contribution in [2.45, 2.75) is 6.92 Å². The predicted molar refractivity (Wildman–Crippen MR) is 95.5 cm³/mol. The zero-order valence-corrected chi connectivity index (χ0v) is 13.8. The molecule has 0 radical (unpaired) electrons. The summed E-state index contributed by atoms with van der Waals surface area (Å²) in [7, 11) is 1.85. The average Bonchev–Trinajstić information content (AvgIpc) is 2.90. The molecule has 23 heavy (non-hydrogen) atoms. The van der Waals surface area contributed by atoms with E-state index in [9.17, 15) is 5.11 Å². The molecule has 4 heteroatoms. The second-order valence-corrected chi connectivity index (χ2v) is 6.02. The molecule has 2 aromatic carbocycles. The Morgan fingerprint density at radius 1 is 1.17 bits per heavy atom. The smallest absolute Gasteiger partial charge is 0.125 e. The second kappa shape index (κ2) is 5.94. The highest BCUT2D eigenvalue weighted by Crippen LogP contribution is 2.36. The Labute approximate surface area is 140 Å². The van der Waals surface area contributed by atoms with Gasteiger partial charge in [-0.3, -0.25) is 4.68 Å². The molecule has 0 saturated carbocycles. The maximum absolute atomic E-state index is 10.3. The maximum Gasteiger partial charge on any atom is 0.125 e. The van der Waals surface area contributed by atoms with Crippen molar-refractivity contribution >= 4 is 17.2 Å². The lowest BCUT2D eigenvalue weighted by Crippen LogP contribution is -1.89. The summed E-state index contributed by atoms with van der Waals surface area (Å²) in [6.45, 7) is 5.92. The molecule has 3 nitrogen and oxygen atoms in total. The first-order chi connectivity index (χ1) is 11.0. The van der Waals surface area contributed by atoms with Crippen molar-refractivity contribution in [3.8, 4) is 28.1 Å². The SMILES string of the molecule is C=C(C)c1cn(C)nc1-c1cc(-c2cccc(Cl)c2)ccc1O. The summed E-state index contributed by atoms with van der Waals surface area (Å²) < 4.78 is 1.73. The molecule has 1 aromatic heterocycles. The maximum atomic E-state index is 10.3. The predicted octanol–water partition coefficient (Wildman–Crippen LogP) is 5.15. The van der Waals surface area contributed by atoms with Crippen molar-refractivity contribution < 1.29 is 5.11 Å². The van der Waals surface area contributed by atoms with Gasteiger partial charge < -0.3 is 5.11 Å². The van der Waals surface area contributed by atoms with Crippen LogP contribution in [0.15, 0.2) is 55.2 Å². The first kappa shape index (κ1) is 15.4. The number of benzene rings is 2. The first-order valence-electron chi connectivity index (χ1n) is 7.24. The fraction of sp³-hybridized carbons (Fsp3) is 0.105. The number of rotatable bonds is 3. The van der Waals surface area contributed by atoms with E-state index in [1.165, 1.54) is 0 Å². The van der Waals surface area contributed by atoms with Crippen molar-refractivity contribution in [1.82, 2.24) is 9.78 Å². The number of phenolic OH excluding ortho intramolecular Hbond substituents is 1. The lowest BCUT2D eigenvalue weighted by molar-refractivity contribution is 0.477. The summed E-state index contributed by atoms with van der Waals surface area (Å²) in [6, 6.07) is 13.1. The van der Waals surface area contributed by atoms with Crippen LogP contribution in [0, 0.1) is 0 Å². The zero-order chi connectivity index (χ0) is 16.6. The minimum atomic E-state index is 0.192. The number of phenols is 1. The Morgan fingerprint density at radius 2 is 1.91 bits per heavy atom. The van der Waals surface area contributed by atoms with Gasteiger partial charge in [0.05, 0.1) is 0 Å². The summed E-state index contributed by atoms with van der Waals surface area (Å²) in [5, 5.41) is 15.5. The van der Waals surface area contributed by atoms with Crippen molar-refractivity contribution in [2.24, 2.45) is 7.05 Å². The van der Waals surface area contributed by atoms with Gasteiger partial charge in [0.2, 0.25) is 0 Å². The number of halogens is 1. The number of aromatic nitrogens is 2. The topological polar surface area (TPSA) is 38.0 Å². The van der Waals surface area contributed by atoms with Crippen LogP contribution in [0.4, 0.5) is 0 Å². The quantitative estimate of drug-likeness (QED) is 0.723. The summed E-state index contributed by atoms with van der Waals surface area (Å²) in [4.78, 5) is 0. The monoisotopic (exact) mass is 324 g/mol. The Kier molecular flexibility index (Phi) is 3.97. The molecule has 0 saturated heterocycles. The molecule has 0 unspecified atom stereocenters. The molecule has 1 N–H and O–H groups in total. The van der Waals surface area contributed by atoms with Gasteiger partial charge in [-0.05, 0) is 47.9 Å². The molecule has 3 aromatic rings. The molecular weight excluding hydrogens is 308 g/mol. The van der Waals surface area contributed by atoms with Crippen LogP contribution in [0.25, 0.3) is 28.0 Å². The lowest BCUT2D eigenvalue weighted by atomic mass is 9.98. The lowest BCUT2D eigenvalue weighted by Gasteiger charge is -2.08. The molecule has 0 aliphatic rings. The van der Waals surface area contributed by atoms with Gasteiger partial charge in [0, 0.05) is 29.4 Å². The van der Waals surface area contributed by atoms with Gasteiger partial charge >= 0.3 is 0 Å². The number of allylic oxidation sites excluding steroid dienone is 1. The summed E-state index contributed by atoms with van der Waals surface area (Å²) in [5.74, 6) is 0.192. The van der Waals surface area contributed by atoms with E-state index in [2.05, 4.69) is 11.7 Å². The van der Waals surface area contributed by atoms with E-state index in [1.807, 2.05) is 56.6 Å². The van der Waals surface area contributed by atoms with Gasteiger partial charge in [-0.25, -0.2) is 0 Å². The van der Waals surface area contributed by atoms with Crippen LogP contribution in [0.1, 0.15) is 12.5 Å². The van der Waals surface area contributed by atoms with E-state index in [4.69, 9.17) is 11.6 Å². The molecule has 1 heterocycles. The largest absolute Gasteiger partial charge is 0.507 e. The second-order valence-electron chi connectivity index (χ2n) is 5.59. The molecule has 0 aliphatic heterocycles. The first-order valence-corrected chi connectivity index (χ1v) is 7.62. The highest BCUT2D eigenvalue weighted by Gasteiger charge is 2.15. The molecule has 0 aliphatic carbocycles. The van der Waals surface area contributed by atoms with Crippen molar-refractivity contribution in [3.05, 3.63) is 65.8 Å². The third-order valence-corrected chi connectivity index (χ3v) is 3.93. The van der Waals surface area contributed by atoms with Crippen LogP contribution in [-0.4, -0.2) is 14.9 Å². The van der Waals surface area contributed by atoms with Crippen LogP contribution in [-0.2, 0) is 7.05 Å². The fourth-order valence-corrected chi connectivity index (χ4v) is 2.76. The zero-order valence-electron chi connectivity index (χ0n) is 13.0. The summed E-state index contributed by atoms with van der Waals surface area (Å²) in [5.41, 5.74) is 5.19. The normalized spacial score (nSPS) is 10.7. The molecule has 0 atom stereocenters. The van der Waals surface area contributed by atoms with E-state index < -0.39 is 0 Å². The van der Waals surface area contributed by atoms with Crippen molar-refractivity contribution in [1.29, 1.82) is 0 Å². The van der Waals surface area contributed by atoms with E-state index in [-0.39, 0.29) is 5.75 Å². The molecular formula is C19H17ClN2O. The Bertz CT molecular complexity index is 896. The van der Waals surface area contributed by atoms with Gasteiger partial charge in [0.1, 0.15) is 11.4 Å². The summed E-state index contributed by atoms with van der Waals surface area (Å²) >= 11 is 6.08. The average molecular weight is 325 g/mol. The van der Waals surface area contributed by atoms with Crippen molar-refractivity contribution in [3.63, 3.8) is 0 Å². The van der Waals surface area contributed by atoms with Crippen molar-refractivity contribution in [2.75, 3.05) is 0 Å². The van der Waals surface area contributed by atoms with Gasteiger partial charge in [-0.1, -0.05) is 36.4 Å². The van der Waals surface area contributed by atoms with E-state index in [1.54, 1.807) is 10.7 Å². The highest BCUT2D eigenvalue weighted by molar-refractivity contribution is 6.30. The van der Waals surface area contributed by atoms with Gasteiger partial charge in [-0.15, -0.1) is 0 Å². The third kappa shape index (κ3) is 3.01. The Balaban J connectivity index is 2.18. The Hall–Kier alpha value is -2.52. The van der Waals surface area contributed by atoms with Crippen LogP contribution < -0.4 is 0 Å². The van der Waals surface area contributed by atoms with Crippen LogP contribution >= 0.6 is 11.6 Å². The van der Waals surface area contributed by atoms with E-state index in [0.29, 0.717) is 10.6 Å². The molecule has 116 valence electrons.